The van der Waals surface area contributed by atoms with Crippen LogP contribution in [-0.2, 0) is 6.61 Å². The van der Waals surface area contributed by atoms with Gasteiger partial charge in [0.25, 0.3) is 0 Å². The molecule has 2 N–H and O–H groups in total. The van der Waals surface area contributed by atoms with Crippen molar-refractivity contribution < 1.29 is 4.74 Å². The molecule has 110 valence electrons. The number of rotatable bonds is 4. The molecule has 0 atom stereocenters. The minimum absolute atomic E-state index is 0.539. The molecular formula is C20H19NO. The Balaban J connectivity index is 1.82. The molecule has 2 heteroatoms. The maximum atomic E-state index is 6.02. The molecule has 0 unspecified atom stereocenters. The highest BCUT2D eigenvalue weighted by atomic mass is 16.5. The summed E-state index contributed by atoms with van der Waals surface area (Å²) in [4.78, 5) is 0. The Bertz CT molecular complexity index is 748. The summed E-state index contributed by atoms with van der Waals surface area (Å²) in [6.07, 6.45) is 0. The molecule has 0 aliphatic heterocycles. The van der Waals surface area contributed by atoms with E-state index in [4.69, 9.17) is 10.5 Å². The molecule has 0 aliphatic rings. The smallest absolute Gasteiger partial charge is 0.122 e. The summed E-state index contributed by atoms with van der Waals surface area (Å²) in [6.45, 7) is 2.62. The molecule has 2 nitrogen and oxygen atoms in total. The quantitative estimate of drug-likeness (QED) is 0.699. The van der Waals surface area contributed by atoms with Crippen molar-refractivity contribution in [2.45, 2.75) is 13.5 Å². The number of aryl methyl sites for hydroxylation is 1. The second-order valence-corrected chi connectivity index (χ2v) is 5.43. The lowest BCUT2D eigenvalue weighted by Crippen LogP contribution is -1.96. The predicted octanol–water partition coefficient (Wildman–Crippen LogP) is 4.82. The first-order valence-electron chi connectivity index (χ1n) is 7.35. The van der Waals surface area contributed by atoms with Crippen LogP contribution < -0.4 is 10.5 Å². The lowest BCUT2D eigenvalue weighted by Gasteiger charge is -2.10. The Kier molecular flexibility index (Phi) is 4.10. The van der Waals surface area contributed by atoms with Crippen LogP contribution in [0.5, 0.6) is 5.75 Å². The molecule has 0 bridgehead atoms. The zero-order valence-electron chi connectivity index (χ0n) is 12.6. The number of anilines is 1. The average Bonchev–Trinajstić information content (AvgIpc) is 2.54. The monoisotopic (exact) mass is 289 g/mol. The molecule has 0 saturated heterocycles. The van der Waals surface area contributed by atoms with Crippen LogP contribution in [0.15, 0.2) is 72.8 Å². The van der Waals surface area contributed by atoms with Gasteiger partial charge in [-0.25, -0.2) is 0 Å². The van der Waals surface area contributed by atoms with Gasteiger partial charge in [0.15, 0.2) is 0 Å². The number of ether oxygens (including phenoxy) is 1. The van der Waals surface area contributed by atoms with Crippen molar-refractivity contribution in [1.82, 2.24) is 0 Å². The fourth-order valence-corrected chi connectivity index (χ4v) is 2.36. The third kappa shape index (κ3) is 3.47. The van der Waals surface area contributed by atoms with Gasteiger partial charge in [0.1, 0.15) is 12.4 Å². The minimum Gasteiger partial charge on any atom is -0.489 e. The van der Waals surface area contributed by atoms with Crippen molar-refractivity contribution in [3.8, 4) is 16.9 Å². The summed E-state index contributed by atoms with van der Waals surface area (Å²) in [5.41, 5.74) is 11.3. The van der Waals surface area contributed by atoms with Crippen LogP contribution in [0, 0.1) is 6.92 Å². The van der Waals surface area contributed by atoms with Gasteiger partial charge in [0.2, 0.25) is 0 Å². The highest BCUT2D eigenvalue weighted by Crippen LogP contribution is 2.28. The summed E-state index contributed by atoms with van der Waals surface area (Å²) in [5, 5.41) is 0. The van der Waals surface area contributed by atoms with Gasteiger partial charge in [-0.1, -0.05) is 60.2 Å². The van der Waals surface area contributed by atoms with Gasteiger partial charge >= 0.3 is 0 Å². The molecule has 0 amide bonds. The third-order valence-electron chi connectivity index (χ3n) is 3.56. The van der Waals surface area contributed by atoms with Gasteiger partial charge in [0.05, 0.1) is 0 Å². The van der Waals surface area contributed by atoms with Gasteiger partial charge < -0.3 is 10.5 Å². The van der Waals surface area contributed by atoms with Gasteiger partial charge in [-0.05, 0) is 35.7 Å². The zero-order valence-corrected chi connectivity index (χ0v) is 12.6. The summed E-state index contributed by atoms with van der Waals surface area (Å²) in [7, 11) is 0. The molecule has 0 spiro atoms. The molecule has 0 aromatic heterocycles. The van der Waals surface area contributed by atoms with Gasteiger partial charge in [-0.2, -0.15) is 0 Å². The van der Waals surface area contributed by atoms with Crippen LogP contribution in [-0.4, -0.2) is 0 Å². The van der Waals surface area contributed by atoms with Crippen LogP contribution in [0.3, 0.4) is 0 Å². The van der Waals surface area contributed by atoms with Crippen molar-refractivity contribution in [1.29, 1.82) is 0 Å². The first-order chi connectivity index (χ1) is 10.7. The Morgan fingerprint density at radius 3 is 2.27 bits per heavy atom. The average molecular weight is 289 g/mol. The molecular weight excluding hydrogens is 270 g/mol. The topological polar surface area (TPSA) is 35.2 Å². The van der Waals surface area contributed by atoms with E-state index in [2.05, 4.69) is 31.2 Å². The maximum Gasteiger partial charge on any atom is 0.122 e. The fraction of sp³-hybridized carbons (Fsp3) is 0.100. The van der Waals surface area contributed by atoms with E-state index >= 15 is 0 Å². The Morgan fingerprint density at radius 2 is 1.55 bits per heavy atom. The molecule has 0 saturated carbocycles. The number of hydrogen-bond donors (Lipinski definition) is 1. The SMILES string of the molecule is Cc1ccc(-c2cc(N)cc(OCc3ccccc3)c2)cc1. The van der Waals surface area contributed by atoms with Crippen molar-refractivity contribution in [3.05, 3.63) is 83.9 Å². The van der Waals surface area contributed by atoms with Gasteiger partial charge in [-0.15, -0.1) is 0 Å². The number of benzene rings is 3. The van der Waals surface area contributed by atoms with E-state index in [9.17, 15) is 0 Å². The lowest BCUT2D eigenvalue weighted by molar-refractivity contribution is 0.306. The number of hydrogen-bond acceptors (Lipinski definition) is 2. The van der Waals surface area contributed by atoms with Crippen LogP contribution in [0.4, 0.5) is 5.69 Å². The van der Waals surface area contributed by atoms with Crippen molar-refractivity contribution in [2.24, 2.45) is 0 Å². The Labute approximate surface area is 131 Å². The van der Waals surface area contributed by atoms with E-state index in [1.165, 1.54) is 5.56 Å². The van der Waals surface area contributed by atoms with Gasteiger partial charge in [0, 0.05) is 11.8 Å². The maximum absolute atomic E-state index is 6.02. The molecule has 0 heterocycles. The first kappa shape index (κ1) is 14.2. The molecule has 0 aliphatic carbocycles. The van der Waals surface area contributed by atoms with E-state index in [1.54, 1.807) is 0 Å². The largest absolute Gasteiger partial charge is 0.489 e. The normalized spacial score (nSPS) is 10.4. The zero-order chi connectivity index (χ0) is 15.4. The second kappa shape index (κ2) is 6.35. The molecule has 22 heavy (non-hydrogen) atoms. The van der Waals surface area contributed by atoms with Crippen LogP contribution in [0.1, 0.15) is 11.1 Å². The van der Waals surface area contributed by atoms with Gasteiger partial charge in [-0.3, -0.25) is 0 Å². The Morgan fingerprint density at radius 1 is 0.818 bits per heavy atom. The Hall–Kier alpha value is -2.74. The minimum atomic E-state index is 0.539. The van der Waals surface area contributed by atoms with Crippen molar-refractivity contribution in [3.63, 3.8) is 0 Å². The molecule has 3 rings (SSSR count). The fourth-order valence-electron chi connectivity index (χ4n) is 2.36. The lowest BCUT2D eigenvalue weighted by atomic mass is 10.0. The van der Waals surface area contributed by atoms with Crippen LogP contribution in [0.2, 0.25) is 0 Å². The van der Waals surface area contributed by atoms with E-state index in [1.807, 2.05) is 48.5 Å². The summed E-state index contributed by atoms with van der Waals surface area (Å²) in [5.74, 6) is 0.791. The molecule has 0 radical (unpaired) electrons. The second-order valence-electron chi connectivity index (χ2n) is 5.43. The van der Waals surface area contributed by atoms with E-state index in [-0.39, 0.29) is 0 Å². The van der Waals surface area contributed by atoms with E-state index < -0.39 is 0 Å². The molecule has 3 aromatic carbocycles. The van der Waals surface area contributed by atoms with Crippen LogP contribution >= 0.6 is 0 Å². The van der Waals surface area contributed by atoms with Crippen molar-refractivity contribution >= 4 is 5.69 Å². The van der Waals surface area contributed by atoms with Crippen molar-refractivity contribution in [2.75, 3.05) is 5.73 Å². The molecule has 3 aromatic rings. The summed E-state index contributed by atoms with van der Waals surface area (Å²) in [6, 6.07) is 24.4. The van der Waals surface area contributed by atoms with E-state index in [0.29, 0.717) is 12.3 Å². The highest BCUT2D eigenvalue weighted by Gasteiger charge is 2.03. The van der Waals surface area contributed by atoms with E-state index in [0.717, 1.165) is 22.4 Å². The summed E-state index contributed by atoms with van der Waals surface area (Å²) >= 11 is 0. The standard InChI is InChI=1S/C20H19NO/c1-15-7-9-17(10-8-15)18-11-19(21)13-20(12-18)22-14-16-5-3-2-4-6-16/h2-13H,14,21H2,1H3. The highest BCUT2D eigenvalue weighted by molar-refractivity contribution is 5.69. The number of nitrogen functional groups attached to an aromatic ring is 1. The van der Waals surface area contributed by atoms with Crippen LogP contribution in [0.25, 0.3) is 11.1 Å². The predicted molar refractivity (Wildman–Crippen MR) is 91.8 cm³/mol. The first-order valence-corrected chi connectivity index (χ1v) is 7.35. The molecule has 0 fully saturated rings. The third-order valence-corrected chi connectivity index (χ3v) is 3.56. The summed E-state index contributed by atoms with van der Waals surface area (Å²) < 4.78 is 5.88. The number of nitrogens with two attached hydrogens (primary N) is 1.